The van der Waals surface area contributed by atoms with E-state index < -0.39 is 33.2 Å². The molecule has 10 heteroatoms. The number of aliphatic hydroxyl groups excluding tert-OH is 2. The Morgan fingerprint density at radius 3 is 1.47 bits per heavy atom. The van der Waals surface area contributed by atoms with Gasteiger partial charge in [-0.25, -0.2) is 4.57 Å². The van der Waals surface area contributed by atoms with E-state index in [0.29, 0.717) is 6.61 Å². The second-order valence-corrected chi connectivity index (χ2v) is 16.5. The standard InChI is InChI=1S/C43H85O9P/c1-3-5-7-9-11-13-15-16-17-18-19-20-21-22-23-24-26-28-30-32-34-36-49-39-42(40-51-53(47,48)50-38-41(45)37-44)52-43(46)35-33-31-29-27-25-14-12-10-8-6-4-2/h10,12,41-42,44-45H,3-9,11,13-40H2,1-2H3,(H,47,48)/b12-10-. The Kier molecular flexibility index (Phi) is 40.2. The van der Waals surface area contributed by atoms with Crippen LogP contribution in [-0.4, -0.2) is 66.3 Å². The highest BCUT2D eigenvalue weighted by Gasteiger charge is 2.26. The molecule has 0 spiro atoms. The lowest BCUT2D eigenvalue weighted by Crippen LogP contribution is -2.29. The number of phosphoric acid groups is 1. The van der Waals surface area contributed by atoms with E-state index in [1.54, 1.807) is 0 Å². The molecule has 3 unspecified atom stereocenters. The van der Waals surface area contributed by atoms with Gasteiger partial charge in [0.1, 0.15) is 12.2 Å². The topological polar surface area (TPSA) is 132 Å². The highest BCUT2D eigenvalue weighted by molar-refractivity contribution is 7.47. The van der Waals surface area contributed by atoms with Gasteiger partial charge in [-0.3, -0.25) is 13.8 Å². The molecule has 3 atom stereocenters. The zero-order valence-corrected chi connectivity index (χ0v) is 35.4. The second kappa shape index (κ2) is 40.9. The van der Waals surface area contributed by atoms with Gasteiger partial charge < -0.3 is 24.6 Å². The number of rotatable bonds is 43. The molecule has 0 heterocycles. The number of aliphatic hydroxyl groups is 2. The van der Waals surface area contributed by atoms with Crippen molar-refractivity contribution in [2.45, 2.75) is 225 Å². The maximum absolute atomic E-state index is 12.6. The number of esters is 1. The highest BCUT2D eigenvalue weighted by Crippen LogP contribution is 2.43. The molecule has 316 valence electrons. The van der Waals surface area contributed by atoms with Crippen LogP contribution in [0, 0.1) is 0 Å². The van der Waals surface area contributed by atoms with Crippen molar-refractivity contribution in [2.24, 2.45) is 0 Å². The number of carbonyl (C=O) groups is 1. The van der Waals surface area contributed by atoms with Crippen molar-refractivity contribution < 1.29 is 43.0 Å². The van der Waals surface area contributed by atoms with Gasteiger partial charge in [-0.05, 0) is 32.1 Å². The van der Waals surface area contributed by atoms with Gasteiger partial charge in [0.05, 0.1) is 26.4 Å². The van der Waals surface area contributed by atoms with Crippen LogP contribution in [0.3, 0.4) is 0 Å². The molecule has 3 N–H and O–H groups in total. The summed E-state index contributed by atoms with van der Waals surface area (Å²) in [5.41, 5.74) is 0. The van der Waals surface area contributed by atoms with Crippen LogP contribution in [0.15, 0.2) is 12.2 Å². The van der Waals surface area contributed by atoms with Crippen LogP contribution in [0.2, 0.25) is 0 Å². The molecular weight excluding hydrogens is 691 g/mol. The summed E-state index contributed by atoms with van der Waals surface area (Å²) in [4.78, 5) is 22.5. The lowest BCUT2D eigenvalue weighted by atomic mass is 10.0. The predicted molar refractivity (Wildman–Crippen MR) is 219 cm³/mol. The van der Waals surface area contributed by atoms with E-state index >= 15 is 0 Å². The molecule has 0 aromatic heterocycles. The minimum Gasteiger partial charge on any atom is -0.457 e. The summed E-state index contributed by atoms with van der Waals surface area (Å²) < 4.78 is 33.3. The lowest BCUT2D eigenvalue weighted by Gasteiger charge is -2.20. The average molecular weight is 777 g/mol. The van der Waals surface area contributed by atoms with Crippen LogP contribution < -0.4 is 0 Å². The van der Waals surface area contributed by atoms with Crippen LogP contribution >= 0.6 is 7.82 Å². The summed E-state index contributed by atoms with van der Waals surface area (Å²) in [6, 6.07) is 0. The number of allylic oxidation sites excluding steroid dienone is 2. The maximum atomic E-state index is 12.6. The van der Waals surface area contributed by atoms with Crippen LogP contribution in [0.1, 0.15) is 213 Å². The van der Waals surface area contributed by atoms with E-state index in [9.17, 15) is 19.4 Å². The van der Waals surface area contributed by atoms with Crippen LogP contribution in [0.5, 0.6) is 0 Å². The molecule has 0 aliphatic carbocycles. The third-order valence-electron chi connectivity index (χ3n) is 9.70. The van der Waals surface area contributed by atoms with Gasteiger partial charge in [-0.2, -0.15) is 0 Å². The summed E-state index contributed by atoms with van der Waals surface area (Å²) >= 11 is 0. The van der Waals surface area contributed by atoms with Crippen molar-refractivity contribution in [1.82, 2.24) is 0 Å². The zero-order chi connectivity index (χ0) is 38.9. The van der Waals surface area contributed by atoms with Crippen molar-refractivity contribution in [2.75, 3.05) is 33.0 Å². The fourth-order valence-electron chi connectivity index (χ4n) is 6.28. The van der Waals surface area contributed by atoms with Crippen molar-refractivity contribution >= 4 is 13.8 Å². The minimum absolute atomic E-state index is 0.0516. The van der Waals surface area contributed by atoms with Gasteiger partial charge in [0.15, 0.2) is 0 Å². The quantitative estimate of drug-likeness (QED) is 0.0240. The number of hydrogen-bond acceptors (Lipinski definition) is 8. The van der Waals surface area contributed by atoms with Gasteiger partial charge in [0.2, 0.25) is 0 Å². The smallest absolute Gasteiger partial charge is 0.457 e. The van der Waals surface area contributed by atoms with Gasteiger partial charge in [0.25, 0.3) is 0 Å². The van der Waals surface area contributed by atoms with Crippen molar-refractivity contribution in [3.05, 3.63) is 12.2 Å². The molecule has 0 fully saturated rings. The first-order valence-corrected chi connectivity index (χ1v) is 23.7. The van der Waals surface area contributed by atoms with E-state index in [1.807, 2.05) is 0 Å². The number of carbonyl (C=O) groups excluding carboxylic acids is 1. The fraction of sp³-hybridized carbons (Fsp3) is 0.930. The lowest BCUT2D eigenvalue weighted by molar-refractivity contribution is -0.154. The van der Waals surface area contributed by atoms with Gasteiger partial charge in [-0.15, -0.1) is 0 Å². The number of unbranched alkanes of at least 4 members (excludes halogenated alkanes) is 27. The Morgan fingerprint density at radius 2 is 0.981 bits per heavy atom. The van der Waals surface area contributed by atoms with Crippen molar-refractivity contribution in [3.63, 3.8) is 0 Å². The summed E-state index contributed by atoms with van der Waals surface area (Å²) in [6.07, 6.45) is 40.4. The third kappa shape index (κ3) is 40.7. The van der Waals surface area contributed by atoms with Crippen LogP contribution in [0.25, 0.3) is 0 Å². The van der Waals surface area contributed by atoms with E-state index in [-0.39, 0.29) is 25.6 Å². The fourth-order valence-corrected chi connectivity index (χ4v) is 7.07. The summed E-state index contributed by atoms with van der Waals surface area (Å²) in [5.74, 6) is -0.389. The average Bonchev–Trinajstić information content (AvgIpc) is 3.15. The molecule has 0 aromatic carbocycles. The Labute approximate surface area is 326 Å². The first-order chi connectivity index (χ1) is 25.8. The van der Waals surface area contributed by atoms with Crippen LogP contribution in [-0.2, 0) is 27.9 Å². The largest absolute Gasteiger partial charge is 0.472 e. The SMILES string of the molecule is CCCC/C=C\CCCCCCCC(=O)OC(COCCCCCCCCCCCCCCCCCCCCCCC)COP(=O)(O)OCC(O)CO. The summed E-state index contributed by atoms with van der Waals surface area (Å²) in [5, 5.41) is 18.3. The van der Waals surface area contributed by atoms with E-state index in [2.05, 4.69) is 26.0 Å². The molecule has 0 aliphatic rings. The van der Waals surface area contributed by atoms with Gasteiger partial charge in [-0.1, -0.05) is 187 Å². The number of ether oxygens (including phenoxy) is 2. The molecule has 0 amide bonds. The Hall–Kier alpha value is -0.800. The normalized spacial score (nSPS) is 14.1. The monoisotopic (exact) mass is 777 g/mol. The van der Waals surface area contributed by atoms with E-state index in [0.717, 1.165) is 57.8 Å². The molecule has 0 aromatic rings. The molecule has 0 aliphatic heterocycles. The maximum Gasteiger partial charge on any atom is 0.472 e. The Morgan fingerprint density at radius 1 is 0.566 bits per heavy atom. The van der Waals surface area contributed by atoms with E-state index in [1.165, 1.54) is 135 Å². The molecular formula is C43H85O9P. The first kappa shape index (κ1) is 52.2. The second-order valence-electron chi connectivity index (χ2n) is 15.1. The number of phosphoric ester groups is 1. The van der Waals surface area contributed by atoms with Gasteiger partial charge in [0, 0.05) is 13.0 Å². The minimum atomic E-state index is -4.51. The molecule has 0 saturated heterocycles. The Balaban J connectivity index is 4.03. The number of hydrogen-bond donors (Lipinski definition) is 3. The Bertz CT molecular complexity index is 841. The zero-order valence-electron chi connectivity index (χ0n) is 34.5. The molecule has 9 nitrogen and oxygen atoms in total. The summed E-state index contributed by atoms with van der Waals surface area (Å²) in [6.45, 7) is 3.51. The molecule has 0 radical (unpaired) electrons. The molecule has 0 bridgehead atoms. The highest BCUT2D eigenvalue weighted by atomic mass is 31.2. The third-order valence-corrected chi connectivity index (χ3v) is 10.7. The predicted octanol–water partition coefficient (Wildman–Crippen LogP) is 12.1. The first-order valence-electron chi connectivity index (χ1n) is 22.2. The van der Waals surface area contributed by atoms with Crippen LogP contribution in [0.4, 0.5) is 0 Å². The molecule has 0 saturated carbocycles. The molecule has 53 heavy (non-hydrogen) atoms. The van der Waals surface area contributed by atoms with Crippen molar-refractivity contribution in [1.29, 1.82) is 0 Å². The summed E-state index contributed by atoms with van der Waals surface area (Å²) in [7, 11) is -4.51. The molecule has 0 rings (SSSR count). The van der Waals surface area contributed by atoms with E-state index in [4.69, 9.17) is 23.6 Å². The van der Waals surface area contributed by atoms with Crippen molar-refractivity contribution in [3.8, 4) is 0 Å². The van der Waals surface area contributed by atoms with Gasteiger partial charge >= 0.3 is 13.8 Å².